The van der Waals surface area contributed by atoms with Gasteiger partial charge in [0.05, 0.1) is 6.54 Å². The van der Waals surface area contributed by atoms with Crippen LogP contribution in [0.4, 0.5) is 4.39 Å². The Morgan fingerprint density at radius 1 is 1.29 bits per heavy atom. The molecule has 0 aliphatic carbocycles. The molecule has 0 radical (unpaired) electrons. The van der Waals surface area contributed by atoms with Gasteiger partial charge >= 0.3 is 0 Å². The molecule has 0 atom stereocenters. The van der Waals surface area contributed by atoms with Gasteiger partial charge in [-0.2, -0.15) is 4.98 Å². The van der Waals surface area contributed by atoms with Crippen LogP contribution in [0.2, 0.25) is 0 Å². The molecule has 6 heteroatoms. The van der Waals surface area contributed by atoms with Crippen molar-refractivity contribution < 1.29 is 8.91 Å². The van der Waals surface area contributed by atoms with E-state index in [-0.39, 0.29) is 5.82 Å². The van der Waals surface area contributed by atoms with Crippen molar-refractivity contribution in [2.45, 2.75) is 25.4 Å². The summed E-state index contributed by atoms with van der Waals surface area (Å²) in [5.41, 5.74) is 0.736. The number of nitrogens with one attached hydrogen (secondary N) is 1. The summed E-state index contributed by atoms with van der Waals surface area (Å²) in [5, 5.41) is 7.37. The Balaban J connectivity index is 1.65. The SMILES string of the molecule is CN(Cc1noc(-c2ccc(F)cc2)n1)C1CCNCC1. The van der Waals surface area contributed by atoms with Crippen molar-refractivity contribution in [3.8, 4) is 11.5 Å². The van der Waals surface area contributed by atoms with Gasteiger partial charge in [-0.1, -0.05) is 5.16 Å². The summed E-state index contributed by atoms with van der Waals surface area (Å²) in [6.07, 6.45) is 2.28. The van der Waals surface area contributed by atoms with E-state index in [9.17, 15) is 4.39 Å². The van der Waals surface area contributed by atoms with Gasteiger partial charge in [0, 0.05) is 11.6 Å². The predicted octanol–water partition coefficient (Wildman–Crippen LogP) is 2.06. The minimum atomic E-state index is -0.274. The van der Waals surface area contributed by atoms with Crippen LogP contribution in [0.15, 0.2) is 28.8 Å². The smallest absolute Gasteiger partial charge is 0.257 e. The quantitative estimate of drug-likeness (QED) is 0.934. The van der Waals surface area contributed by atoms with Crippen LogP contribution in [0.1, 0.15) is 18.7 Å². The summed E-state index contributed by atoms with van der Waals surface area (Å²) in [6.45, 7) is 2.78. The molecule has 2 heterocycles. The topological polar surface area (TPSA) is 54.2 Å². The van der Waals surface area contributed by atoms with Crippen LogP contribution >= 0.6 is 0 Å². The fourth-order valence-electron chi connectivity index (χ4n) is 2.63. The van der Waals surface area contributed by atoms with Crippen molar-refractivity contribution in [1.82, 2.24) is 20.4 Å². The van der Waals surface area contributed by atoms with Crippen molar-refractivity contribution >= 4 is 0 Å². The zero-order chi connectivity index (χ0) is 14.7. The standard InChI is InChI=1S/C15H19FN4O/c1-20(13-6-8-17-9-7-13)10-14-18-15(21-19-14)11-2-4-12(16)5-3-11/h2-5,13,17H,6-10H2,1H3. The molecule has 1 aromatic carbocycles. The Labute approximate surface area is 123 Å². The normalized spacial score (nSPS) is 16.5. The van der Waals surface area contributed by atoms with E-state index in [0.717, 1.165) is 31.5 Å². The van der Waals surface area contributed by atoms with Gasteiger partial charge in [0.2, 0.25) is 0 Å². The lowest BCUT2D eigenvalue weighted by molar-refractivity contribution is 0.186. The third-order valence-electron chi connectivity index (χ3n) is 3.88. The van der Waals surface area contributed by atoms with Gasteiger partial charge in [-0.15, -0.1) is 0 Å². The number of hydrogen-bond donors (Lipinski definition) is 1. The lowest BCUT2D eigenvalue weighted by Gasteiger charge is -2.30. The number of aromatic nitrogens is 2. The van der Waals surface area contributed by atoms with Crippen LogP contribution < -0.4 is 5.32 Å². The summed E-state index contributed by atoms with van der Waals surface area (Å²) in [5.74, 6) is 0.822. The summed E-state index contributed by atoms with van der Waals surface area (Å²) in [6, 6.07) is 6.62. The Kier molecular flexibility index (Phi) is 4.26. The number of benzene rings is 1. The van der Waals surface area contributed by atoms with E-state index in [2.05, 4.69) is 27.4 Å². The average molecular weight is 290 g/mol. The first-order valence-corrected chi connectivity index (χ1v) is 7.22. The number of nitrogens with zero attached hydrogens (tertiary/aromatic N) is 3. The second-order valence-corrected chi connectivity index (χ2v) is 5.42. The van der Waals surface area contributed by atoms with Crippen LogP contribution in [-0.2, 0) is 6.54 Å². The largest absolute Gasteiger partial charge is 0.334 e. The van der Waals surface area contributed by atoms with Crippen molar-refractivity contribution in [3.63, 3.8) is 0 Å². The van der Waals surface area contributed by atoms with Crippen LogP contribution in [0.25, 0.3) is 11.5 Å². The molecule has 1 aromatic heterocycles. The van der Waals surface area contributed by atoms with E-state index < -0.39 is 0 Å². The second-order valence-electron chi connectivity index (χ2n) is 5.42. The summed E-state index contributed by atoms with van der Waals surface area (Å²) in [7, 11) is 2.09. The third kappa shape index (κ3) is 3.46. The molecule has 21 heavy (non-hydrogen) atoms. The van der Waals surface area contributed by atoms with E-state index >= 15 is 0 Å². The Morgan fingerprint density at radius 2 is 2.00 bits per heavy atom. The Bertz CT molecular complexity index is 578. The zero-order valence-electron chi connectivity index (χ0n) is 12.1. The molecular formula is C15H19FN4O. The molecule has 0 saturated carbocycles. The molecule has 2 aromatic rings. The predicted molar refractivity (Wildman–Crippen MR) is 77.1 cm³/mol. The highest BCUT2D eigenvalue weighted by atomic mass is 19.1. The van der Waals surface area contributed by atoms with Gasteiger partial charge in [0.25, 0.3) is 5.89 Å². The summed E-state index contributed by atoms with van der Waals surface area (Å²) < 4.78 is 18.2. The molecule has 0 unspecified atom stereocenters. The monoisotopic (exact) mass is 290 g/mol. The van der Waals surface area contributed by atoms with E-state index in [1.807, 2.05) is 0 Å². The number of halogens is 1. The number of rotatable bonds is 4. The maximum atomic E-state index is 12.9. The maximum Gasteiger partial charge on any atom is 0.257 e. The second kappa shape index (κ2) is 6.32. The third-order valence-corrected chi connectivity index (χ3v) is 3.88. The first-order valence-electron chi connectivity index (χ1n) is 7.22. The van der Waals surface area contributed by atoms with Crippen molar-refractivity contribution in [2.75, 3.05) is 20.1 Å². The Hall–Kier alpha value is -1.79. The molecule has 1 aliphatic rings. The number of piperidine rings is 1. The van der Waals surface area contributed by atoms with Gasteiger partial charge in [-0.25, -0.2) is 4.39 Å². The average Bonchev–Trinajstić information content (AvgIpc) is 2.97. The molecule has 0 amide bonds. The summed E-state index contributed by atoms with van der Waals surface area (Å²) >= 11 is 0. The highest BCUT2D eigenvalue weighted by Gasteiger charge is 2.19. The fraction of sp³-hybridized carbons (Fsp3) is 0.467. The van der Waals surface area contributed by atoms with Gasteiger partial charge in [-0.3, -0.25) is 4.90 Å². The minimum Gasteiger partial charge on any atom is -0.334 e. The lowest BCUT2D eigenvalue weighted by Crippen LogP contribution is -2.40. The minimum absolute atomic E-state index is 0.274. The molecule has 0 bridgehead atoms. The first kappa shape index (κ1) is 14.2. The van der Waals surface area contributed by atoms with Crippen LogP contribution in [0, 0.1) is 5.82 Å². The van der Waals surface area contributed by atoms with Crippen LogP contribution in [0.5, 0.6) is 0 Å². The van der Waals surface area contributed by atoms with Crippen LogP contribution in [-0.4, -0.2) is 41.2 Å². The van der Waals surface area contributed by atoms with E-state index in [1.54, 1.807) is 12.1 Å². The number of hydrogen-bond acceptors (Lipinski definition) is 5. The van der Waals surface area contributed by atoms with E-state index in [4.69, 9.17) is 4.52 Å². The van der Waals surface area contributed by atoms with Crippen LogP contribution in [0.3, 0.4) is 0 Å². The van der Waals surface area contributed by atoms with Crippen molar-refractivity contribution in [3.05, 3.63) is 35.9 Å². The molecule has 1 aliphatic heterocycles. The molecule has 5 nitrogen and oxygen atoms in total. The molecule has 112 valence electrons. The molecule has 1 fully saturated rings. The molecule has 1 saturated heterocycles. The van der Waals surface area contributed by atoms with Crippen molar-refractivity contribution in [2.24, 2.45) is 0 Å². The van der Waals surface area contributed by atoms with Crippen molar-refractivity contribution in [1.29, 1.82) is 0 Å². The van der Waals surface area contributed by atoms with Gasteiger partial charge in [-0.05, 0) is 57.2 Å². The highest BCUT2D eigenvalue weighted by Crippen LogP contribution is 2.18. The zero-order valence-corrected chi connectivity index (χ0v) is 12.1. The highest BCUT2D eigenvalue weighted by molar-refractivity contribution is 5.52. The van der Waals surface area contributed by atoms with E-state index in [0.29, 0.717) is 24.3 Å². The molecular weight excluding hydrogens is 271 g/mol. The Morgan fingerprint density at radius 3 is 2.71 bits per heavy atom. The summed E-state index contributed by atoms with van der Waals surface area (Å²) in [4.78, 5) is 6.65. The lowest BCUT2D eigenvalue weighted by atomic mass is 10.1. The molecule has 3 rings (SSSR count). The molecule has 0 spiro atoms. The van der Waals surface area contributed by atoms with Gasteiger partial charge in [0.1, 0.15) is 5.82 Å². The fourth-order valence-corrected chi connectivity index (χ4v) is 2.63. The molecule has 1 N–H and O–H groups in total. The van der Waals surface area contributed by atoms with Gasteiger partial charge in [0.15, 0.2) is 5.82 Å². The van der Waals surface area contributed by atoms with E-state index in [1.165, 1.54) is 12.1 Å². The van der Waals surface area contributed by atoms with Gasteiger partial charge < -0.3 is 9.84 Å². The maximum absolute atomic E-state index is 12.9. The first-order chi connectivity index (χ1) is 10.2.